The number of nitrogens with zero attached hydrogens (tertiary/aromatic N) is 3. The number of aryl methyl sites for hydroxylation is 2. The van der Waals surface area contributed by atoms with E-state index >= 15 is 0 Å². The zero-order chi connectivity index (χ0) is 34.7. The number of aromatic carboxylic acids is 1. The number of hydrogen-bond acceptors (Lipinski definition) is 4. The molecular formula is C43H55N3O2S. The van der Waals surface area contributed by atoms with Gasteiger partial charge in [0.25, 0.3) is 0 Å². The Hall–Kier alpha value is -3.61. The van der Waals surface area contributed by atoms with Gasteiger partial charge in [0.15, 0.2) is 0 Å². The van der Waals surface area contributed by atoms with Gasteiger partial charge in [-0.25, -0.2) is 4.79 Å². The Morgan fingerprint density at radius 3 is 2.53 bits per heavy atom. The van der Waals surface area contributed by atoms with Crippen molar-refractivity contribution in [1.82, 2.24) is 9.47 Å². The Morgan fingerprint density at radius 1 is 1.04 bits per heavy atom. The minimum absolute atomic E-state index is 0.386. The number of anilines is 1. The summed E-state index contributed by atoms with van der Waals surface area (Å²) in [4.78, 5) is 18.0. The standard InChI is InChI=1S/C43H55N3O2S/c1-7-13-33(14-8-2)39-41-36-21-19-31(6)35(20-18-30(5)34-17-11-10-15-29(34)4)40(36)45(24-22-32-16-12-23-44(9-3)28-32)25-26-46(41)37-27-38(43(47)48)49-42(37)39/h10-11,15,17-21,27,32-33H,5,7-9,12-14,16,22-26,28H2,1-4,6H3,(H,47,48)/b20-18-. The molecular weight excluding hydrogens is 623 g/mol. The molecule has 1 N–H and O–H groups in total. The predicted octanol–water partition coefficient (Wildman–Crippen LogP) is 11.0. The van der Waals surface area contributed by atoms with Gasteiger partial charge in [0.05, 0.1) is 21.6 Å². The molecule has 2 aromatic heterocycles. The van der Waals surface area contributed by atoms with Gasteiger partial charge in [0.2, 0.25) is 0 Å². The number of fused-ring (bicyclic) bond motifs is 5. The second-order valence-electron chi connectivity index (χ2n) is 14.4. The van der Waals surface area contributed by atoms with Gasteiger partial charge in [-0.2, -0.15) is 0 Å². The molecule has 5 nitrogen and oxygen atoms in total. The van der Waals surface area contributed by atoms with Crippen molar-refractivity contribution >= 4 is 44.9 Å². The molecule has 6 rings (SSSR count). The molecule has 6 heteroatoms. The molecule has 1 saturated heterocycles. The first-order valence-electron chi connectivity index (χ1n) is 18.7. The minimum atomic E-state index is -0.829. The summed E-state index contributed by atoms with van der Waals surface area (Å²) in [5.41, 5.74) is 12.4. The normalized spacial score (nSPS) is 16.8. The van der Waals surface area contributed by atoms with Crippen LogP contribution in [0.15, 0.2) is 55.1 Å². The smallest absolute Gasteiger partial charge is 0.345 e. The first-order valence-corrected chi connectivity index (χ1v) is 19.5. The number of piperidine rings is 1. The van der Waals surface area contributed by atoms with Crippen molar-refractivity contribution in [3.63, 3.8) is 0 Å². The predicted molar refractivity (Wildman–Crippen MR) is 210 cm³/mol. The molecule has 0 aliphatic carbocycles. The third-order valence-electron chi connectivity index (χ3n) is 11.1. The van der Waals surface area contributed by atoms with Crippen LogP contribution in [-0.4, -0.2) is 53.3 Å². The lowest BCUT2D eigenvalue weighted by Gasteiger charge is -2.34. The first kappa shape index (κ1) is 35.2. The van der Waals surface area contributed by atoms with Crippen LogP contribution in [-0.2, 0) is 6.54 Å². The second kappa shape index (κ2) is 15.5. The number of carboxylic acid groups (broad SMARTS) is 1. The van der Waals surface area contributed by atoms with E-state index in [1.165, 1.54) is 93.2 Å². The van der Waals surface area contributed by atoms with E-state index in [0.717, 1.165) is 63.0 Å². The lowest BCUT2D eigenvalue weighted by molar-refractivity contribution is 0.0702. The van der Waals surface area contributed by atoms with Gasteiger partial charge in [-0.15, -0.1) is 11.3 Å². The Kier molecular flexibility index (Phi) is 11.2. The van der Waals surface area contributed by atoms with Crippen molar-refractivity contribution in [2.24, 2.45) is 5.92 Å². The first-order chi connectivity index (χ1) is 23.7. The van der Waals surface area contributed by atoms with Crippen LogP contribution in [0.4, 0.5) is 5.69 Å². The number of aromatic nitrogens is 1. The summed E-state index contributed by atoms with van der Waals surface area (Å²) in [7, 11) is 0. The number of allylic oxidation sites excluding steroid dienone is 2. The van der Waals surface area contributed by atoms with Crippen molar-refractivity contribution < 1.29 is 9.90 Å². The van der Waals surface area contributed by atoms with Crippen molar-refractivity contribution in [2.75, 3.05) is 37.6 Å². The van der Waals surface area contributed by atoms with Gasteiger partial charge in [-0.05, 0) is 105 Å². The van der Waals surface area contributed by atoms with Crippen LogP contribution in [0.1, 0.15) is 109 Å². The van der Waals surface area contributed by atoms with Gasteiger partial charge in [-0.1, -0.05) is 88.7 Å². The molecule has 1 atom stereocenters. The molecule has 0 bridgehead atoms. The Bertz CT molecular complexity index is 1840. The Labute approximate surface area is 297 Å². The van der Waals surface area contributed by atoms with Gasteiger partial charge < -0.3 is 19.5 Å². The number of rotatable bonds is 13. The number of benzene rings is 2. The molecule has 0 amide bonds. The molecule has 4 heterocycles. The fourth-order valence-corrected chi connectivity index (χ4v) is 9.64. The summed E-state index contributed by atoms with van der Waals surface area (Å²) in [5, 5.41) is 10.1. The number of carboxylic acids is 1. The van der Waals surface area contributed by atoms with Crippen LogP contribution in [0.5, 0.6) is 0 Å². The van der Waals surface area contributed by atoms with Crippen LogP contribution in [0.2, 0.25) is 0 Å². The molecule has 2 aliphatic heterocycles. The highest BCUT2D eigenvalue weighted by Gasteiger charge is 2.33. The van der Waals surface area contributed by atoms with E-state index in [-0.39, 0.29) is 0 Å². The van der Waals surface area contributed by atoms with Crippen LogP contribution in [0, 0.1) is 19.8 Å². The number of carbonyl (C=O) groups is 1. The largest absolute Gasteiger partial charge is 0.477 e. The maximum Gasteiger partial charge on any atom is 0.345 e. The number of likely N-dealkylation sites (tertiary alicyclic amines) is 1. The molecule has 0 saturated carbocycles. The van der Waals surface area contributed by atoms with Crippen LogP contribution in [0.3, 0.4) is 0 Å². The van der Waals surface area contributed by atoms with Gasteiger partial charge in [0.1, 0.15) is 4.88 Å². The molecule has 2 aromatic carbocycles. The fraction of sp³-hybridized carbons (Fsp3) is 0.465. The van der Waals surface area contributed by atoms with E-state index in [4.69, 9.17) is 0 Å². The molecule has 49 heavy (non-hydrogen) atoms. The van der Waals surface area contributed by atoms with Gasteiger partial charge in [-0.3, -0.25) is 0 Å². The van der Waals surface area contributed by atoms with Crippen molar-refractivity contribution in [1.29, 1.82) is 0 Å². The summed E-state index contributed by atoms with van der Waals surface area (Å²) in [6.07, 6.45) is 12.7. The van der Waals surface area contributed by atoms with Crippen molar-refractivity contribution in [3.8, 4) is 11.3 Å². The Morgan fingerprint density at radius 2 is 1.82 bits per heavy atom. The SMILES string of the molecule is C=C(/C=C\c1c(C)ccc2c1N(CCC1CCCN(CC)C1)CCn1c-2c(C(CCC)CCC)c2sc(C(=O)O)cc21)c1ccccc1C. The highest BCUT2D eigenvalue weighted by Crippen LogP contribution is 2.50. The summed E-state index contributed by atoms with van der Waals surface area (Å²) < 4.78 is 3.66. The average molecular weight is 678 g/mol. The zero-order valence-electron chi connectivity index (χ0n) is 30.4. The Balaban J connectivity index is 1.53. The summed E-state index contributed by atoms with van der Waals surface area (Å²) in [6.45, 7) is 22.0. The van der Waals surface area contributed by atoms with Crippen molar-refractivity contribution in [2.45, 2.75) is 92.0 Å². The maximum atomic E-state index is 12.3. The third kappa shape index (κ3) is 7.18. The quantitative estimate of drug-likeness (QED) is 0.143. The van der Waals surface area contributed by atoms with E-state index in [2.05, 4.69) is 104 Å². The van der Waals surface area contributed by atoms with E-state index in [1.807, 2.05) is 6.07 Å². The van der Waals surface area contributed by atoms with E-state index < -0.39 is 5.97 Å². The molecule has 0 radical (unpaired) electrons. The fourth-order valence-electron chi connectivity index (χ4n) is 8.51. The molecule has 2 aliphatic rings. The van der Waals surface area contributed by atoms with E-state index in [1.54, 1.807) is 0 Å². The maximum absolute atomic E-state index is 12.3. The monoisotopic (exact) mass is 677 g/mol. The zero-order valence-corrected chi connectivity index (χ0v) is 31.2. The lowest BCUT2D eigenvalue weighted by Crippen LogP contribution is -2.37. The summed E-state index contributed by atoms with van der Waals surface area (Å²) >= 11 is 1.48. The molecule has 1 fully saturated rings. The average Bonchev–Trinajstić information content (AvgIpc) is 3.61. The second-order valence-corrected chi connectivity index (χ2v) is 15.4. The van der Waals surface area contributed by atoms with Gasteiger partial charge >= 0.3 is 5.97 Å². The van der Waals surface area contributed by atoms with Crippen molar-refractivity contribution in [3.05, 3.63) is 87.8 Å². The topological polar surface area (TPSA) is 48.7 Å². The summed E-state index contributed by atoms with van der Waals surface area (Å²) in [5.74, 6) is 0.266. The third-order valence-corrected chi connectivity index (χ3v) is 12.2. The van der Waals surface area contributed by atoms with Gasteiger partial charge in [0, 0.05) is 37.3 Å². The molecule has 0 spiro atoms. The molecule has 260 valence electrons. The minimum Gasteiger partial charge on any atom is -0.477 e. The highest BCUT2D eigenvalue weighted by molar-refractivity contribution is 7.21. The number of hydrogen-bond donors (Lipinski definition) is 1. The van der Waals surface area contributed by atoms with Crippen LogP contribution in [0.25, 0.3) is 33.1 Å². The van der Waals surface area contributed by atoms with Crippen LogP contribution < -0.4 is 4.90 Å². The molecule has 4 aromatic rings. The highest BCUT2D eigenvalue weighted by atomic mass is 32.1. The van der Waals surface area contributed by atoms with Crippen LogP contribution >= 0.6 is 11.3 Å². The lowest BCUT2D eigenvalue weighted by atomic mass is 9.87. The molecule has 1 unspecified atom stereocenters. The summed E-state index contributed by atoms with van der Waals surface area (Å²) in [6, 6.07) is 15.1. The van der Waals surface area contributed by atoms with E-state index in [9.17, 15) is 9.90 Å². The van der Waals surface area contributed by atoms with E-state index in [0.29, 0.717) is 16.7 Å². The number of thiophene rings is 1.